The van der Waals surface area contributed by atoms with Gasteiger partial charge in [0.15, 0.2) is 5.82 Å². The third-order valence-electron chi connectivity index (χ3n) is 4.30. The standard InChI is InChI=1S/C20H22ClFN4O2S2/c1-13(15-6-4-5-14(7-15)10-26(2)3)24-18-9-17(22)19(8-16(18)21)30(27,28)25-20-11-29-12-23-20/h4-9,11-13,24-25H,10H2,1-3H3/t13-/m0/s1. The van der Waals surface area contributed by atoms with Crippen molar-refractivity contribution in [2.45, 2.75) is 24.4 Å². The zero-order valence-corrected chi connectivity index (χ0v) is 19.1. The van der Waals surface area contributed by atoms with Gasteiger partial charge in [-0.3, -0.25) is 4.72 Å². The summed E-state index contributed by atoms with van der Waals surface area (Å²) in [5, 5.41) is 4.78. The molecule has 1 atom stereocenters. The lowest BCUT2D eigenvalue weighted by Crippen LogP contribution is -2.16. The molecule has 0 fully saturated rings. The number of rotatable bonds is 8. The third-order valence-corrected chi connectivity index (χ3v) is 6.57. The predicted octanol–water partition coefficient (Wildman–Crippen LogP) is 4.97. The van der Waals surface area contributed by atoms with Gasteiger partial charge in [0.1, 0.15) is 10.7 Å². The number of hydrogen-bond donors (Lipinski definition) is 2. The SMILES string of the molecule is C[C@H](Nc1cc(F)c(S(=O)(=O)Nc2cscn2)cc1Cl)c1cccc(CN(C)C)c1. The minimum Gasteiger partial charge on any atom is -0.377 e. The van der Waals surface area contributed by atoms with E-state index < -0.39 is 20.7 Å². The fourth-order valence-electron chi connectivity index (χ4n) is 2.94. The number of halogens is 2. The van der Waals surface area contributed by atoms with Crippen LogP contribution in [0.1, 0.15) is 24.1 Å². The molecule has 0 unspecified atom stereocenters. The molecule has 10 heteroatoms. The van der Waals surface area contributed by atoms with E-state index >= 15 is 0 Å². The first kappa shape index (κ1) is 22.5. The minimum atomic E-state index is -4.15. The van der Waals surface area contributed by atoms with Gasteiger partial charge in [0.2, 0.25) is 0 Å². The summed E-state index contributed by atoms with van der Waals surface area (Å²) >= 11 is 7.50. The Hall–Kier alpha value is -2.20. The first-order chi connectivity index (χ1) is 14.2. The molecule has 30 heavy (non-hydrogen) atoms. The molecule has 0 aliphatic carbocycles. The Labute approximate surface area is 184 Å². The summed E-state index contributed by atoms with van der Waals surface area (Å²) in [4.78, 5) is 5.39. The Bertz CT molecular complexity index is 1120. The highest BCUT2D eigenvalue weighted by atomic mass is 35.5. The Morgan fingerprint density at radius 2 is 2.03 bits per heavy atom. The molecule has 160 valence electrons. The first-order valence-corrected chi connectivity index (χ1v) is 11.9. The van der Waals surface area contributed by atoms with Crippen molar-refractivity contribution in [3.8, 4) is 0 Å². The van der Waals surface area contributed by atoms with E-state index in [1.165, 1.54) is 22.2 Å². The van der Waals surface area contributed by atoms with Crippen molar-refractivity contribution >= 4 is 44.5 Å². The van der Waals surface area contributed by atoms with Gasteiger partial charge in [0, 0.05) is 18.0 Å². The van der Waals surface area contributed by atoms with Crippen LogP contribution in [0.15, 0.2) is 52.2 Å². The molecule has 0 aliphatic rings. The Morgan fingerprint density at radius 1 is 1.27 bits per heavy atom. The van der Waals surface area contributed by atoms with Crippen molar-refractivity contribution in [3.05, 3.63) is 69.3 Å². The zero-order valence-electron chi connectivity index (χ0n) is 16.7. The van der Waals surface area contributed by atoms with E-state index in [2.05, 4.69) is 26.0 Å². The van der Waals surface area contributed by atoms with Crippen molar-refractivity contribution < 1.29 is 12.8 Å². The molecule has 3 aromatic rings. The highest BCUT2D eigenvalue weighted by Crippen LogP contribution is 2.31. The normalized spacial score (nSPS) is 12.7. The average molecular weight is 469 g/mol. The van der Waals surface area contributed by atoms with E-state index in [-0.39, 0.29) is 16.9 Å². The molecule has 1 aromatic heterocycles. The highest BCUT2D eigenvalue weighted by Gasteiger charge is 2.23. The molecule has 0 radical (unpaired) electrons. The van der Waals surface area contributed by atoms with E-state index in [4.69, 9.17) is 11.6 Å². The number of nitrogens with zero attached hydrogens (tertiary/aromatic N) is 2. The molecule has 2 aromatic carbocycles. The van der Waals surface area contributed by atoms with Crippen molar-refractivity contribution in [2.75, 3.05) is 24.1 Å². The molecule has 0 bridgehead atoms. The van der Waals surface area contributed by atoms with Gasteiger partial charge in [-0.25, -0.2) is 17.8 Å². The van der Waals surface area contributed by atoms with E-state index in [0.29, 0.717) is 5.69 Å². The van der Waals surface area contributed by atoms with Crippen LogP contribution in [-0.4, -0.2) is 32.4 Å². The van der Waals surface area contributed by atoms with Crippen LogP contribution in [0.3, 0.4) is 0 Å². The minimum absolute atomic E-state index is 0.103. The lowest BCUT2D eigenvalue weighted by atomic mass is 10.0. The maximum Gasteiger partial charge on any atom is 0.266 e. The molecule has 1 heterocycles. The van der Waals surface area contributed by atoms with Gasteiger partial charge in [-0.1, -0.05) is 35.9 Å². The van der Waals surface area contributed by atoms with E-state index in [1.807, 2.05) is 39.2 Å². The zero-order chi connectivity index (χ0) is 21.9. The van der Waals surface area contributed by atoms with Gasteiger partial charge in [-0.2, -0.15) is 0 Å². The molecule has 0 saturated carbocycles. The van der Waals surface area contributed by atoms with Gasteiger partial charge in [0.25, 0.3) is 10.0 Å². The van der Waals surface area contributed by atoms with Crippen molar-refractivity contribution in [1.82, 2.24) is 9.88 Å². The number of benzene rings is 2. The number of nitrogens with one attached hydrogen (secondary N) is 2. The second-order valence-electron chi connectivity index (χ2n) is 7.09. The Balaban J connectivity index is 1.82. The van der Waals surface area contributed by atoms with Gasteiger partial charge in [-0.15, -0.1) is 11.3 Å². The van der Waals surface area contributed by atoms with Gasteiger partial charge < -0.3 is 10.2 Å². The van der Waals surface area contributed by atoms with E-state index in [1.54, 1.807) is 0 Å². The fraction of sp³-hybridized carbons (Fsp3) is 0.250. The molecule has 0 saturated heterocycles. The van der Waals surface area contributed by atoms with Crippen molar-refractivity contribution in [2.24, 2.45) is 0 Å². The summed E-state index contributed by atoms with van der Waals surface area (Å²) in [6, 6.07) is 10.1. The molecule has 2 N–H and O–H groups in total. The Morgan fingerprint density at radius 3 is 2.70 bits per heavy atom. The van der Waals surface area contributed by atoms with Crippen LogP contribution >= 0.6 is 22.9 Å². The molecule has 6 nitrogen and oxygen atoms in total. The average Bonchev–Trinajstić information content (AvgIpc) is 3.16. The summed E-state index contributed by atoms with van der Waals surface area (Å²) in [6.07, 6.45) is 0. The largest absolute Gasteiger partial charge is 0.377 e. The summed E-state index contributed by atoms with van der Waals surface area (Å²) in [5.41, 5.74) is 3.95. The summed E-state index contributed by atoms with van der Waals surface area (Å²) in [5.74, 6) is -0.776. The highest BCUT2D eigenvalue weighted by molar-refractivity contribution is 7.92. The molecular formula is C20H22ClFN4O2S2. The lowest BCUT2D eigenvalue weighted by Gasteiger charge is -2.19. The molecular weight excluding hydrogens is 447 g/mol. The van der Waals surface area contributed by atoms with Crippen molar-refractivity contribution in [1.29, 1.82) is 0 Å². The smallest absolute Gasteiger partial charge is 0.266 e. The number of thiazole rings is 1. The van der Waals surface area contributed by atoms with E-state index in [0.717, 1.165) is 29.8 Å². The number of anilines is 2. The molecule has 0 spiro atoms. The van der Waals surface area contributed by atoms with Crippen molar-refractivity contribution in [3.63, 3.8) is 0 Å². The second kappa shape index (κ2) is 9.30. The number of aromatic nitrogens is 1. The van der Waals surface area contributed by atoms with Crippen LogP contribution in [0, 0.1) is 5.82 Å². The van der Waals surface area contributed by atoms with Crippen LogP contribution in [-0.2, 0) is 16.6 Å². The Kier molecular flexibility index (Phi) is 6.97. The van der Waals surface area contributed by atoms with Gasteiger partial charge in [0.05, 0.1) is 16.2 Å². The van der Waals surface area contributed by atoms with Crippen LogP contribution in [0.2, 0.25) is 5.02 Å². The maximum absolute atomic E-state index is 14.7. The fourth-order valence-corrected chi connectivity index (χ4v) is 4.87. The second-order valence-corrected chi connectivity index (χ2v) is 9.87. The van der Waals surface area contributed by atoms with Crippen LogP contribution in [0.4, 0.5) is 15.9 Å². The first-order valence-electron chi connectivity index (χ1n) is 9.06. The summed E-state index contributed by atoms with van der Waals surface area (Å²) in [7, 11) is -0.157. The third kappa shape index (κ3) is 5.48. The van der Waals surface area contributed by atoms with Crippen LogP contribution < -0.4 is 10.0 Å². The maximum atomic E-state index is 14.7. The summed E-state index contributed by atoms with van der Waals surface area (Å²) < 4.78 is 41.9. The lowest BCUT2D eigenvalue weighted by molar-refractivity contribution is 0.402. The van der Waals surface area contributed by atoms with Gasteiger partial charge in [-0.05, 0) is 44.3 Å². The predicted molar refractivity (Wildman–Crippen MR) is 120 cm³/mol. The van der Waals surface area contributed by atoms with Gasteiger partial charge >= 0.3 is 0 Å². The molecule has 3 rings (SSSR count). The molecule has 0 amide bonds. The molecule has 0 aliphatic heterocycles. The monoisotopic (exact) mass is 468 g/mol. The quantitative estimate of drug-likeness (QED) is 0.488. The number of hydrogen-bond acceptors (Lipinski definition) is 6. The summed E-state index contributed by atoms with van der Waals surface area (Å²) in [6.45, 7) is 2.73. The van der Waals surface area contributed by atoms with E-state index in [9.17, 15) is 12.8 Å². The van der Waals surface area contributed by atoms with Crippen LogP contribution in [0.25, 0.3) is 0 Å². The van der Waals surface area contributed by atoms with Crippen LogP contribution in [0.5, 0.6) is 0 Å². The number of sulfonamides is 1. The topological polar surface area (TPSA) is 74.3 Å².